The average Bonchev–Trinajstić information content (AvgIpc) is 2.94. The van der Waals surface area contributed by atoms with Crippen molar-refractivity contribution in [1.82, 2.24) is 24.3 Å². The summed E-state index contributed by atoms with van der Waals surface area (Å²) in [4.78, 5) is 25.9. The highest BCUT2D eigenvalue weighted by molar-refractivity contribution is 7.99. The van der Waals surface area contributed by atoms with Gasteiger partial charge >= 0.3 is 11.7 Å². The van der Waals surface area contributed by atoms with Gasteiger partial charge in [-0.25, -0.2) is 14.9 Å². The van der Waals surface area contributed by atoms with E-state index in [-0.39, 0.29) is 11.4 Å². The predicted octanol–water partition coefficient (Wildman–Crippen LogP) is -0.355. The van der Waals surface area contributed by atoms with Crippen LogP contribution in [0.15, 0.2) is 28.7 Å². The summed E-state index contributed by atoms with van der Waals surface area (Å²) >= 11 is 1.01. The fraction of sp³-hybridized carbons (Fsp3) is 0.333. The van der Waals surface area contributed by atoms with Crippen molar-refractivity contribution in [3.63, 3.8) is 0 Å². The third-order valence-corrected chi connectivity index (χ3v) is 3.15. The summed E-state index contributed by atoms with van der Waals surface area (Å²) in [6.07, 6.45) is 5.09. The zero-order valence-corrected chi connectivity index (χ0v) is 10.1. The molecule has 0 aromatic carbocycles. The molecule has 2 heterocycles. The van der Waals surface area contributed by atoms with Gasteiger partial charge < -0.3 is 9.67 Å². The molecule has 2 rings (SSSR count). The molecule has 0 spiro atoms. The first-order valence-corrected chi connectivity index (χ1v) is 6.11. The van der Waals surface area contributed by atoms with E-state index in [1.54, 1.807) is 18.7 Å². The Bertz CT molecular complexity index is 573. The number of nitrogens with one attached hydrogen (secondary N) is 1. The molecule has 0 saturated carbocycles. The predicted molar refractivity (Wildman–Crippen MR) is 63.4 cm³/mol. The third-order valence-electron chi connectivity index (χ3n) is 2.19. The van der Waals surface area contributed by atoms with E-state index in [1.807, 2.05) is 4.57 Å². The molecular formula is C9H11N5O3S. The molecule has 9 heteroatoms. The van der Waals surface area contributed by atoms with Gasteiger partial charge in [0.15, 0.2) is 5.16 Å². The number of carboxylic acid groups (broad SMARTS) is 1. The standard InChI is InChI=1S/C9H11N5O3S/c15-7(16)5-18-9-12-11-8(17)14(9)4-3-13-2-1-10-6-13/h1-2,6H,3-5H2,(H,11,17)(H,15,16). The lowest BCUT2D eigenvalue weighted by Gasteiger charge is -2.04. The number of aliphatic carboxylic acids is 1. The van der Waals surface area contributed by atoms with Gasteiger partial charge in [0.25, 0.3) is 0 Å². The lowest BCUT2D eigenvalue weighted by Crippen LogP contribution is -2.20. The van der Waals surface area contributed by atoms with Gasteiger partial charge in [0.1, 0.15) is 0 Å². The van der Waals surface area contributed by atoms with Gasteiger partial charge in [-0.15, -0.1) is 5.10 Å². The van der Waals surface area contributed by atoms with Crippen molar-refractivity contribution in [3.05, 3.63) is 29.2 Å². The Balaban J connectivity index is 2.04. The van der Waals surface area contributed by atoms with Crippen LogP contribution in [0.4, 0.5) is 0 Å². The van der Waals surface area contributed by atoms with Crippen LogP contribution in [0, 0.1) is 0 Å². The number of carboxylic acids is 1. The van der Waals surface area contributed by atoms with Gasteiger partial charge in [-0.2, -0.15) is 0 Å². The molecule has 0 amide bonds. The van der Waals surface area contributed by atoms with Crippen molar-refractivity contribution in [1.29, 1.82) is 0 Å². The second kappa shape index (κ2) is 5.54. The SMILES string of the molecule is O=C(O)CSc1n[nH]c(=O)n1CCn1ccnc1. The zero-order chi connectivity index (χ0) is 13.0. The average molecular weight is 269 g/mol. The Kier molecular flexibility index (Phi) is 3.82. The molecule has 0 bridgehead atoms. The molecule has 2 aromatic heterocycles. The van der Waals surface area contributed by atoms with E-state index in [0.717, 1.165) is 11.8 Å². The molecule has 2 N–H and O–H groups in total. The molecule has 0 aliphatic heterocycles. The van der Waals surface area contributed by atoms with Gasteiger partial charge in [-0.1, -0.05) is 11.8 Å². The van der Waals surface area contributed by atoms with Crippen molar-refractivity contribution in [2.45, 2.75) is 18.2 Å². The number of carbonyl (C=O) groups is 1. The maximum Gasteiger partial charge on any atom is 0.344 e. The summed E-state index contributed by atoms with van der Waals surface area (Å²) in [6.45, 7) is 0.980. The maximum atomic E-state index is 11.5. The highest BCUT2D eigenvalue weighted by Crippen LogP contribution is 2.12. The minimum absolute atomic E-state index is 0.130. The normalized spacial score (nSPS) is 10.7. The van der Waals surface area contributed by atoms with Crippen LogP contribution in [0.3, 0.4) is 0 Å². The van der Waals surface area contributed by atoms with Crippen LogP contribution in [0.5, 0.6) is 0 Å². The molecule has 0 saturated heterocycles. The van der Waals surface area contributed by atoms with Crippen molar-refractivity contribution >= 4 is 17.7 Å². The second-order valence-electron chi connectivity index (χ2n) is 3.45. The van der Waals surface area contributed by atoms with Crippen molar-refractivity contribution in [2.24, 2.45) is 0 Å². The molecule has 96 valence electrons. The molecule has 2 aromatic rings. The largest absolute Gasteiger partial charge is 0.481 e. The minimum atomic E-state index is -0.948. The molecule has 0 aliphatic carbocycles. The van der Waals surface area contributed by atoms with E-state index in [1.165, 1.54) is 4.57 Å². The Labute approximate surface area is 106 Å². The highest BCUT2D eigenvalue weighted by atomic mass is 32.2. The van der Waals surface area contributed by atoms with Gasteiger partial charge in [0.05, 0.1) is 12.1 Å². The van der Waals surface area contributed by atoms with Crippen LogP contribution in [0.2, 0.25) is 0 Å². The minimum Gasteiger partial charge on any atom is -0.481 e. The maximum absolute atomic E-state index is 11.5. The number of hydrogen-bond acceptors (Lipinski definition) is 5. The summed E-state index contributed by atoms with van der Waals surface area (Å²) in [5.74, 6) is -1.08. The lowest BCUT2D eigenvalue weighted by atomic mass is 10.6. The fourth-order valence-electron chi connectivity index (χ4n) is 1.37. The van der Waals surface area contributed by atoms with Gasteiger partial charge in [0.2, 0.25) is 0 Å². The van der Waals surface area contributed by atoms with E-state index in [9.17, 15) is 9.59 Å². The summed E-state index contributed by atoms with van der Waals surface area (Å²) in [6, 6.07) is 0. The smallest absolute Gasteiger partial charge is 0.344 e. The summed E-state index contributed by atoms with van der Waals surface area (Å²) < 4.78 is 3.23. The number of nitrogens with zero attached hydrogens (tertiary/aromatic N) is 4. The molecule has 0 radical (unpaired) electrons. The Morgan fingerprint density at radius 1 is 1.50 bits per heavy atom. The summed E-state index contributed by atoms with van der Waals surface area (Å²) in [7, 11) is 0. The molecule has 0 atom stereocenters. The topological polar surface area (TPSA) is 106 Å². The van der Waals surface area contributed by atoms with Crippen LogP contribution in [0.25, 0.3) is 0 Å². The van der Waals surface area contributed by atoms with Crippen LogP contribution in [-0.2, 0) is 17.9 Å². The summed E-state index contributed by atoms with van der Waals surface area (Å²) in [5.41, 5.74) is -0.344. The Hall–Kier alpha value is -2.03. The van der Waals surface area contributed by atoms with E-state index in [4.69, 9.17) is 5.11 Å². The van der Waals surface area contributed by atoms with Crippen LogP contribution in [0.1, 0.15) is 0 Å². The van der Waals surface area contributed by atoms with Crippen molar-refractivity contribution in [2.75, 3.05) is 5.75 Å². The molecule has 0 aliphatic rings. The highest BCUT2D eigenvalue weighted by Gasteiger charge is 2.10. The monoisotopic (exact) mass is 269 g/mol. The van der Waals surface area contributed by atoms with E-state index >= 15 is 0 Å². The van der Waals surface area contributed by atoms with E-state index < -0.39 is 5.97 Å². The fourth-order valence-corrected chi connectivity index (χ4v) is 2.06. The number of aromatic nitrogens is 5. The molecule has 0 unspecified atom stereocenters. The molecule has 18 heavy (non-hydrogen) atoms. The van der Waals surface area contributed by atoms with Crippen molar-refractivity contribution in [3.8, 4) is 0 Å². The molecule has 0 fully saturated rings. The van der Waals surface area contributed by atoms with Crippen molar-refractivity contribution < 1.29 is 9.90 Å². The number of hydrogen-bond donors (Lipinski definition) is 2. The van der Waals surface area contributed by atoms with Gasteiger partial charge in [0, 0.05) is 25.5 Å². The number of imidazole rings is 1. The number of rotatable bonds is 6. The van der Waals surface area contributed by atoms with E-state index in [2.05, 4.69) is 15.2 Å². The molecular weight excluding hydrogens is 258 g/mol. The number of aromatic amines is 1. The Morgan fingerprint density at radius 2 is 2.33 bits per heavy atom. The third kappa shape index (κ3) is 3.00. The lowest BCUT2D eigenvalue weighted by molar-refractivity contribution is -0.133. The first kappa shape index (κ1) is 12.4. The Morgan fingerprint density at radius 3 is 3.00 bits per heavy atom. The number of H-pyrrole nitrogens is 1. The quantitative estimate of drug-likeness (QED) is 0.694. The van der Waals surface area contributed by atoms with E-state index in [0.29, 0.717) is 18.2 Å². The van der Waals surface area contributed by atoms with Gasteiger partial charge in [-0.05, 0) is 0 Å². The summed E-state index contributed by atoms with van der Waals surface area (Å²) in [5, 5.41) is 15.1. The number of thioether (sulfide) groups is 1. The zero-order valence-electron chi connectivity index (χ0n) is 9.31. The first-order valence-electron chi connectivity index (χ1n) is 5.12. The van der Waals surface area contributed by atoms with Crippen LogP contribution in [-0.4, -0.2) is 41.1 Å². The molecule has 8 nitrogen and oxygen atoms in total. The second-order valence-corrected chi connectivity index (χ2v) is 4.39. The first-order chi connectivity index (χ1) is 8.66. The van der Waals surface area contributed by atoms with Crippen LogP contribution >= 0.6 is 11.8 Å². The van der Waals surface area contributed by atoms with Gasteiger partial charge in [-0.3, -0.25) is 9.36 Å². The van der Waals surface area contributed by atoms with Crippen LogP contribution < -0.4 is 5.69 Å². The number of aryl methyl sites for hydroxylation is 1.